The molecule has 4 rings (SSSR count). The van der Waals surface area contributed by atoms with Crippen LogP contribution >= 0.6 is 0 Å². The van der Waals surface area contributed by atoms with Crippen LogP contribution in [0.2, 0.25) is 0 Å². The molecule has 0 saturated carbocycles. The van der Waals surface area contributed by atoms with E-state index >= 15 is 0 Å². The number of nitrogens with one attached hydrogen (secondary N) is 1. The molecule has 0 radical (unpaired) electrons. The largest absolute Gasteiger partial charge is 0.497 e. The van der Waals surface area contributed by atoms with E-state index in [1.54, 1.807) is 32.6 Å². The zero-order chi connectivity index (χ0) is 22.7. The van der Waals surface area contributed by atoms with E-state index in [4.69, 9.17) is 9.72 Å². The van der Waals surface area contributed by atoms with Gasteiger partial charge in [-0.15, -0.1) is 0 Å². The van der Waals surface area contributed by atoms with Crippen LogP contribution < -0.4 is 10.1 Å². The van der Waals surface area contributed by atoms with Crippen molar-refractivity contribution in [3.8, 4) is 39.7 Å². The van der Waals surface area contributed by atoms with E-state index in [9.17, 15) is 5.11 Å². The second-order valence-corrected chi connectivity index (χ2v) is 7.70. The number of benzene rings is 1. The third-order valence-corrected chi connectivity index (χ3v) is 5.00. The number of pyridine rings is 1. The van der Waals surface area contributed by atoms with Crippen LogP contribution in [0.3, 0.4) is 0 Å². The zero-order valence-electron chi connectivity index (χ0n) is 18.6. The Morgan fingerprint density at radius 3 is 2.69 bits per heavy atom. The van der Waals surface area contributed by atoms with Gasteiger partial charge < -0.3 is 15.2 Å². The molecule has 3 aromatic heterocycles. The fourth-order valence-electron chi connectivity index (χ4n) is 3.52. The summed E-state index contributed by atoms with van der Waals surface area (Å²) in [7, 11) is 3.57. The van der Waals surface area contributed by atoms with E-state index in [0.717, 1.165) is 39.4 Å². The summed E-state index contributed by atoms with van der Waals surface area (Å²) in [6, 6.07) is 11.7. The summed E-state index contributed by atoms with van der Waals surface area (Å²) in [4.78, 5) is 13.7. The van der Waals surface area contributed by atoms with Gasteiger partial charge in [0.15, 0.2) is 5.82 Å². The quantitative estimate of drug-likeness (QED) is 0.461. The van der Waals surface area contributed by atoms with E-state index in [0.29, 0.717) is 18.2 Å². The lowest BCUT2D eigenvalue weighted by molar-refractivity contribution is 0.208. The van der Waals surface area contributed by atoms with Crippen LogP contribution in [-0.2, 0) is 7.05 Å². The van der Waals surface area contributed by atoms with Crippen LogP contribution in [0.1, 0.15) is 12.5 Å². The van der Waals surface area contributed by atoms with Crippen molar-refractivity contribution in [3.05, 3.63) is 60.6 Å². The average molecular weight is 431 g/mol. The van der Waals surface area contributed by atoms with Crippen LogP contribution in [0.4, 0.5) is 5.82 Å². The standard InChI is InChI=1S/C24H26N6O2/c1-15-8-18(10-19(9-15)32-4)23-20(14-27-30(23)3)21-11-22(26-12-16(2)31)29-24(28-21)17-6-5-7-25-13-17/h5-11,13-14,16,31H,12H2,1-4H3,(H,26,28,29)/t16-/m0/s1. The van der Waals surface area contributed by atoms with E-state index < -0.39 is 6.10 Å². The Morgan fingerprint density at radius 2 is 1.97 bits per heavy atom. The molecule has 3 heterocycles. The van der Waals surface area contributed by atoms with Crippen molar-refractivity contribution in [1.82, 2.24) is 24.7 Å². The first-order valence-corrected chi connectivity index (χ1v) is 10.3. The minimum Gasteiger partial charge on any atom is -0.497 e. The highest BCUT2D eigenvalue weighted by Gasteiger charge is 2.18. The second-order valence-electron chi connectivity index (χ2n) is 7.70. The Kier molecular flexibility index (Phi) is 6.13. The van der Waals surface area contributed by atoms with Crippen molar-refractivity contribution in [2.45, 2.75) is 20.0 Å². The van der Waals surface area contributed by atoms with Gasteiger partial charge in [0.1, 0.15) is 11.6 Å². The molecule has 0 spiro atoms. The maximum absolute atomic E-state index is 9.72. The lowest BCUT2D eigenvalue weighted by atomic mass is 10.0. The monoisotopic (exact) mass is 430 g/mol. The fourth-order valence-corrected chi connectivity index (χ4v) is 3.52. The Hall–Kier alpha value is -3.78. The first-order valence-electron chi connectivity index (χ1n) is 10.3. The van der Waals surface area contributed by atoms with Gasteiger partial charge in [0, 0.05) is 48.7 Å². The number of aliphatic hydroxyl groups is 1. The van der Waals surface area contributed by atoms with Gasteiger partial charge in [-0.1, -0.05) is 0 Å². The normalized spacial score (nSPS) is 11.9. The Labute approximate surface area is 187 Å². The van der Waals surface area contributed by atoms with Gasteiger partial charge in [0.2, 0.25) is 0 Å². The molecule has 32 heavy (non-hydrogen) atoms. The molecule has 0 aliphatic heterocycles. The first-order chi connectivity index (χ1) is 15.4. The number of anilines is 1. The summed E-state index contributed by atoms with van der Waals surface area (Å²) >= 11 is 0. The van der Waals surface area contributed by atoms with E-state index in [2.05, 4.69) is 26.4 Å². The number of methoxy groups -OCH3 is 1. The number of aryl methyl sites for hydroxylation is 2. The third-order valence-electron chi connectivity index (χ3n) is 5.00. The molecule has 8 heteroatoms. The molecule has 0 amide bonds. The number of hydrogen-bond acceptors (Lipinski definition) is 7. The maximum Gasteiger partial charge on any atom is 0.163 e. The van der Waals surface area contributed by atoms with Gasteiger partial charge in [0.25, 0.3) is 0 Å². The summed E-state index contributed by atoms with van der Waals surface area (Å²) in [6.45, 7) is 4.13. The van der Waals surface area contributed by atoms with Gasteiger partial charge in [0.05, 0.1) is 30.8 Å². The average Bonchev–Trinajstić information content (AvgIpc) is 3.19. The predicted molar refractivity (Wildman–Crippen MR) is 124 cm³/mol. The Balaban J connectivity index is 1.87. The van der Waals surface area contributed by atoms with E-state index in [1.807, 2.05) is 49.0 Å². The molecule has 8 nitrogen and oxygen atoms in total. The van der Waals surface area contributed by atoms with Crippen LogP contribution in [-0.4, -0.2) is 49.6 Å². The summed E-state index contributed by atoms with van der Waals surface area (Å²) in [5.74, 6) is 1.94. The zero-order valence-corrected chi connectivity index (χ0v) is 18.6. The number of aromatic nitrogens is 5. The lowest BCUT2D eigenvalue weighted by Gasteiger charge is -2.13. The number of ether oxygens (including phenoxy) is 1. The molecule has 2 N–H and O–H groups in total. The van der Waals surface area contributed by atoms with Gasteiger partial charge in [-0.05, 0) is 49.7 Å². The number of hydrogen-bond donors (Lipinski definition) is 2. The molecule has 1 aromatic carbocycles. The summed E-state index contributed by atoms with van der Waals surface area (Å²) < 4.78 is 7.31. The number of aliphatic hydroxyl groups excluding tert-OH is 1. The van der Waals surface area contributed by atoms with Gasteiger partial charge in [-0.2, -0.15) is 5.10 Å². The fraction of sp³-hybridized carbons (Fsp3) is 0.250. The minimum atomic E-state index is -0.510. The van der Waals surface area contributed by atoms with Crippen molar-refractivity contribution in [2.75, 3.05) is 19.0 Å². The summed E-state index contributed by atoms with van der Waals surface area (Å²) in [5.41, 5.74) is 5.38. The molecule has 0 fully saturated rings. The van der Waals surface area contributed by atoms with Crippen LogP contribution in [0, 0.1) is 6.92 Å². The molecule has 164 valence electrons. The summed E-state index contributed by atoms with van der Waals surface area (Å²) in [5, 5.41) is 17.4. The highest BCUT2D eigenvalue weighted by Crippen LogP contribution is 2.34. The Bertz CT molecular complexity index is 1220. The minimum absolute atomic E-state index is 0.373. The SMILES string of the molecule is COc1cc(C)cc(-c2c(-c3cc(NC[C@H](C)O)nc(-c4cccnc4)n3)cnn2C)c1. The lowest BCUT2D eigenvalue weighted by Crippen LogP contribution is -2.16. The predicted octanol–water partition coefficient (Wildman–Crippen LogP) is 3.72. The Morgan fingerprint density at radius 1 is 1.12 bits per heavy atom. The van der Waals surface area contributed by atoms with Crippen molar-refractivity contribution >= 4 is 5.82 Å². The topological polar surface area (TPSA) is 98.0 Å². The van der Waals surface area contributed by atoms with E-state index in [-0.39, 0.29) is 0 Å². The molecule has 0 aliphatic rings. The van der Waals surface area contributed by atoms with Crippen LogP contribution in [0.15, 0.2) is 55.0 Å². The molecule has 0 saturated heterocycles. The molecule has 0 bridgehead atoms. The molecule has 0 aliphatic carbocycles. The van der Waals surface area contributed by atoms with Crippen molar-refractivity contribution in [3.63, 3.8) is 0 Å². The highest BCUT2D eigenvalue weighted by molar-refractivity contribution is 5.81. The highest BCUT2D eigenvalue weighted by atomic mass is 16.5. The molecule has 4 aromatic rings. The van der Waals surface area contributed by atoms with E-state index in [1.165, 1.54) is 0 Å². The van der Waals surface area contributed by atoms with Crippen LogP contribution in [0.25, 0.3) is 33.9 Å². The number of rotatable bonds is 7. The molecular weight excluding hydrogens is 404 g/mol. The van der Waals surface area contributed by atoms with Crippen molar-refractivity contribution in [1.29, 1.82) is 0 Å². The van der Waals surface area contributed by atoms with Gasteiger partial charge in [-0.25, -0.2) is 9.97 Å². The third kappa shape index (κ3) is 4.60. The number of nitrogens with zero attached hydrogens (tertiary/aromatic N) is 5. The smallest absolute Gasteiger partial charge is 0.163 e. The van der Waals surface area contributed by atoms with Gasteiger partial charge in [-0.3, -0.25) is 9.67 Å². The summed E-state index contributed by atoms with van der Waals surface area (Å²) in [6.07, 6.45) is 4.74. The molecular formula is C24H26N6O2. The van der Waals surface area contributed by atoms with Gasteiger partial charge >= 0.3 is 0 Å². The first kappa shape index (κ1) is 21.5. The van der Waals surface area contributed by atoms with Crippen LogP contribution in [0.5, 0.6) is 5.75 Å². The van der Waals surface area contributed by atoms with Crippen molar-refractivity contribution < 1.29 is 9.84 Å². The maximum atomic E-state index is 9.72. The molecule has 1 atom stereocenters. The molecule has 0 unspecified atom stereocenters. The second kappa shape index (κ2) is 9.15. The van der Waals surface area contributed by atoms with Crippen molar-refractivity contribution in [2.24, 2.45) is 7.05 Å².